The van der Waals surface area contributed by atoms with Gasteiger partial charge in [-0.05, 0) is 24.3 Å². The molecule has 3 aromatic rings. The summed E-state index contributed by atoms with van der Waals surface area (Å²) < 4.78 is 1.15. The maximum atomic E-state index is 12.5. The molecular weight excluding hydrogens is 364 g/mol. The summed E-state index contributed by atoms with van der Waals surface area (Å²) in [5.74, 6) is -1.06. The lowest BCUT2D eigenvalue weighted by Gasteiger charge is -2.34. The van der Waals surface area contributed by atoms with Crippen molar-refractivity contribution in [2.24, 2.45) is 0 Å². The molecule has 0 saturated carbocycles. The van der Waals surface area contributed by atoms with Gasteiger partial charge in [0.25, 0.3) is 0 Å². The first kappa shape index (κ1) is 17.3. The van der Waals surface area contributed by atoms with Crippen molar-refractivity contribution in [3.05, 3.63) is 54.1 Å². The van der Waals surface area contributed by atoms with Crippen molar-refractivity contribution < 1.29 is 14.7 Å². The summed E-state index contributed by atoms with van der Waals surface area (Å²) in [6.07, 6.45) is 0. The minimum atomic E-state index is -1.06. The van der Waals surface area contributed by atoms with Gasteiger partial charge < -0.3 is 20.2 Å². The van der Waals surface area contributed by atoms with E-state index in [0.29, 0.717) is 31.9 Å². The summed E-state index contributed by atoms with van der Waals surface area (Å²) in [5.41, 5.74) is 1.38. The van der Waals surface area contributed by atoms with E-state index in [1.165, 1.54) is 6.07 Å². The molecule has 0 atom stereocenters. The SMILES string of the molecule is O=C(O)c1ccccc1NC(=O)N1CCN(c2nc3ccccc3s2)CC1. The molecule has 1 aliphatic heterocycles. The molecule has 2 amide bonds. The average Bonchev–Trinajstić information content (AvgIpc) is 3.12. The fraction of sp³-hybridized carbons (Fsp3) is 0.211. The number of urea groups is 1. The van der Waals surface area contributed by atoms with Gasteiger partial charge in [-0.1, -0.05) is 35.6 Å². The summed E-state index contributed by atoms with van der Waals surface area (Å²) in [5, 5.41) is 12.9. The van der Waals surface area contributed by atoms with Gasteiger partial charge in [-0.3, -0.25) is 0 Å². The number of thiazole rings is 1. The smallest absolute Gasteiger partial charge is 0.337 e. The van der Waals surface area contributed by atoms with Crippen molar-refractivity contribution in [2.75, 3.05) is 36.4 Å². The van der Waals surface area contributed by atoms with E-state index in [1.807, 2.05) is 18.2 Å². The molecule has 8 heteroatoms. The van der Waals surface area contributed by atoms with Gasteiger partial charge >= 0.3 is 12.0 Å². The highest BCUT2D eigenvalue weighted by Gasteiger charge is 2.24. The molecule has 1 fully saturated rings. The second-order valence-electron chi connectivity index (χ2n) is 6.22. The molecular formula is C19H18N4O3S. The number of benzene rings is 2. The molecule has 0 spiro atoms. The molecule has 2 N–H and O–H groups in total. The van der Waals surface area contributed by atoms with Crippen molar-refractivity contribution in [1.82, 2.24) is 9.88 Å². The molecule has 1 aliphatic rings. The molecule has 0 aliphatic carbocycles. The van der Waals surface area contributed by atoms with E-state index in [9.17, 15) is 14.7 Å². The maximum Gasteiger partial charge on any atom is 0.337 e. The summed E-state index contributed by atoms with van der Waals surface area (Å²) in [7, 11) is 0. The number of piperazine rings is 1. The van der Waals surface area contributed by atoms with Crippen LogP contribution in [0.5, 0.6) is 0 Å². The minimum absolute atomic E-state index is 0.0824. The first-order chi connectivity index (χ1) is 13.1. The molecule has 27 heavy (non-hydrogen) atoms. The summed E-state index contributed by atoms with van der Waals surface area (Å²) in [6, 6.07) is 14.2. The predicted octanol–water partition coefficient (Wildman–Crippen LogP) is 3.35. The number of carbonyl (C=O) groups is 2. The lowest BCUT2D eigenvalue weighted by molar-refractivity contribution is 0.0698. The van der Waals surface area contributed by atoms with Crippen molar-refractivity contribution in [1.29, 1.82) is 0 Å². The Bertz CT molecular complexity index is 962. The van der Waals surface area contributed by atoms with Crippen LogP contribution in [0.2, 0.25) is 0 Å². The van der Waals surface area contributed by atoms with Gasteiger partial charge in [0.05, 0.1) is 21.5 Å². The number of amides is 2. The first-order valence-corrected chi connectivity index (χ1v) is 9.42. The van der Waals surface area contributed by atoms with Gasteiger partial charge in [0, 0.05) is 26.2 Å². The number of aromatic nitrogens is 1. The summed E-state index contributed by atoms with van der Waals surface area (Å²) >= 11 is 1.65. The third-order valence-electron chi connectivity index (χ3n) is 4.52. The molecule has 138 valence electrons. The van der Waals surface area contributed by atoms with Crippen LogP contribution in [0.25, 0.3) is 10.2 Å². The van der Waals surface area contributed by atoms with Crippen LogP contribution in [0.3, 0.4) is 0 Å². The highest BCUT2D eigenvalue weighted by atomic mass is 32.1. The molecule has 1 saturated heterocycles. The third-order valence-corrected chi connectivity index (χ3v) is 5.62. The Hall–Kier alpha value is -3.13. The van der Waals surface area contributed by atoms with Crippen LogP contribution in [-0.4, -0.2) is 53.2 Å². The number of fused-ring (bicyclic) bond motifs is 1. The number of anilines is 2. The Labute approximate surface area is 159 Å². The molecule has 0 bridgehead atoms. The lowest BCUT2D eigenvalue weighted by Crippen LogP contribution is -2.50. The van der Waals surface area contributed by atoms with E-state index in [4.69, 9.17) is 0 Å². The zero-order valence-corrected chi connectivity index (χ0v) is 15.3. The highest BCUT2D eigenvalue weighted by Crippen LogP contribution is 2.29. The summed E-state index contributed by atoms with van der Waals surface area (Å²) in [4.78, 5) is 32.3. The number of carboxylic acid groups (broad SMARTS) is 1. The van der Waals surface area contributed by atoms with Crippen LogP contribution in [-0.2, 0) is 0 Å². The molecule has 0 unspecified atom stereocenters. The number of carboxylic acids is 1. The fourth-order valence-electron chi connectivity index (χ4n) is 3.07. The Morgan fingerprint density at radius 2 is 1.70 bits per heavy atom. The number of aromatic carboxylic acids is 1. The van der Waals surface area contributed by atoms with Gasteiger partial charge in [-0.15, -0.1) is 0 Å². The van der Waals surface area contributed by atoms with Crippen LogP contribution in [0.15, 0.2) is 48.5 Å². The second-order valence-corrected chi connectivity index (χ2v) is 7.23. The fourth-order valence-corrected chi connectivity index (χ4v) is 4.09. The second kappa shape index (κ2) is 7.24. The molecule has 2 heterocycles. The van der Waals surface area contributed by atoms with Crippen molar-refractivity contribution in [3.8, 4) is 0 Å². The first-order valence-electron chi connectivity index (χ1n) is 8.60. The monoisotopic (exact) mass is 382 g/mol. The Kier molecular flexibility index (Phi) is 4.64. The van der Waals surface area contributed by atoms with Gasteiger partial charge in [0.1, 0.15) is 0 Å². The van der Waals surface area contributed by atoms with E-state index in [0.717, 1.165) is 15.3 Å². The largest absolute Gasteiger partial charge is 0.478 e. The number of carbonyl (C=O) groups excluding carboxylic acids is 1. The Balaban J connectivity index is 1.40. The minimum Gasteiger partial charge on any atom is -0.478 e. The van der Waals surface area contributed by atoms with E-state index in [-0.39, 0.29) is 11.6 Å². The van der Waals surface area contributed by atoms with Crippen LogP contribution < -0.4 is 10.2 Å². The van der Waals surface area contributed by atoms with Gasteiger partial charge in [0.2, 0.25) is 0 Å². The Morgan fingerprint density at radius 1 is 1.00 bits per heavy atom. The highest BCUT2D eigenvalue weighted by molar-refractivity contribution is 7.22. The van der Waals surface area contributed by atoms with Crippen LogP contribution in [0.1, 0.15) is 10.4 Å². The zero-order valence-electron chi connectivity index (χ0n) is 14.5. The number of nitrogens with zero attached hydrogens (tertiary/aromatic N) is 3. The lowest BCUT2D eigenvalue weighted by atomic mass is 10.2. The van der Waals surface area contributed by atoms with E-state index in [2.05, 4.69) is 21.3 Å². The predicted molar refractivity (Wildman–Crippen MR) is 106 cm³/mol. The average molecular weight is 382 g/mol. The molecule has 4 rings (SSSR count). The molecule has 7 nitrogen and oxygen atoms in total. The van der Waals surface area contributed by atoms with Crippen molar-refractivity contribution >= 4 is 44.4 Å². The summed E-state index contributed by atoms with van der Waals surface area (Å²) in [6.45, 7) is 2.48. The van der Waals surface area contributed by atoms with E-state index in [1.54, 1.807) is 34.4 Å². The van der Waals surface area contributed by atoms with Crippen molar-refractivity contribution in [2.45, 2.75) is 0 Å². The van der Waals surface area contributed by atoms with Gasteiger partial charge in [-0.2, -0.15) is 0 Å². The molecule has 0 radical (unpaired) electrons. The Morgan fingerprint density at radius 3 is 2.44 bits per heavy atom. The number of hydrogen-bond donors (Lipinski definition) is 2. The number of hydrogen-bond acceptors (Lipinski definition) is 5. The molecule has 1 aromatic heterocycles. The van der Waals surface area contributed by atoms with Gasteiger partial charge in [-0.25, -0.2) is 14.6 Å². The topological polar surface area (TPSA) is 85.8 Å². The number of nitrogens with one attached hydrogen (secondary N) is 1. The quantitative estimate of drug-likeness (QED) is 0.726. The van der Waals surface area contributed by atoms with Crippen LogP contribution >= 0.6 is 11.3 Å². The zero-order chi connectivity index (χ0) is 18.8. The van der Waals surface area contributed by atoms with Crippen LogP contribution in [0, 0.1) is 0 Å². The third kappa shape index (κ3) is 3.56. The molecule has 2 aromatic carbocycles. The standard InChI is InChI=1S/C19H18N4O3S/c24-17(25)13-5-1-2-6-14(13)20-18(26)22-9-11-23(12-10-22)19-21-15-7-3-4-8-16(15)27-19/h1-8H,9-12H2,(H,20,26)(H,24,25). The number of rotatable bonds is 3. The number of para-hydroxylation sites is 2. The maximum absolute atomic E-state index is 12.5. The normalized spacial score (nSPS) is 14.4. The van der Waals surface area contributed by atoms with Crippen molar-refractivity contribution in [3.63, 3.8) is 0 Å². The van der Waals surface area contributed by atoms with E-state index < -0.39 is 5.97 Å². The van der Waals surface area contributed by atoms with E-state index >= 15 is 0 Å². The van der Waals surface area contributed by atoms with Gasteiger partial charge in [0.15, 0.2) is 5.13 Å². The van der Waals surface area contributed by atoms with Crippen LogP contribution in [0.4, 0.5) is 15.6 Å².